The summed E-state index contributed by atoms with van der Waals surface area (Å²) < 4.78 is 31.1. The van der Waals surface area contributed by atoms with Crippen molar-refractivity contribution >= 4 is 15.9 Å². The third-order valence-corrected chi connectivity index (χ3v) is 5.13. The maximum atomic E-state index is 12.8. The van der Waals surface area contributed by atoms with Crippen LogP contribution < -0.4 is 10.0 Å². The van der Waals surface area contributed by atoms with E-state index in [1.54, 1.807) is 6.92 Å². The number of sulfonamides is 1. The van der Waals surface area contributed by atoms with Crippen molar-refractivity contribution in [1.82, 2.24) is 14.9 Å². The first-order valence-corrected chi connectivity index (χ1v) is 8.94. The van der Waals surface area contributed by atoms with E-state index in [-0.39, 0.29) is 17.0 Å². The Kier molecular flexibility index (Phi) is 5.25. The van der Waals surface area contributed by atoms with E-state index in [4.69, 9.17) is 4.42 Å². The molecule has 1 atom stereocenters. The van der Waals surface area contributed by atoms with Crippen molar-refractivity contribution in [3.63, 3.8) is 0 Å². The molecule has 8 heteroatoms. The maximum absolute atomic E-state index is 12.8. The van der Waals surface area contributed by atoms with Crippen LogP contribution in [0.2, 0.25) is 0 Å². The fourth-order valence-corrected chi connectivity index (χ4v) is 3.36. The average molecular weight is 329 g/mol. The number of hydrogen-bond donors (Lipinski definition) is 2. The minimum absolute atomic E-state index is 0.145. The standard InChI is InChI=1S/C14H23N3O4S/c1-4-7-17(11-5-6-16-9-11)14(18)12-8-13(21-10(12)2)22(19,20)15-3/h8,11,15-16H,4-7,9H2,1-3H3. The predicted molar refractivity (Wildman–Crippen MR) is 82.3 cm³/mol. The molecule has 1 aromatic rings. The summed E-state index contributed by atoms with van der Waals surface area (Å²) in [5.74, 6) is 0.153. The van der Waals surface area contributed by atoms with Crippen LogP contribution in [0.4, 0.5) is 0 Å². The van der Waals surface area contributed by atoms with Crippen LogP contribution in [0.25, 0.3) is 0 Å². The third-order valence-electron chi connectivity index (χ3n) is 3.86. The zero-order chi connectivity index (χ0) is 16.3. The largest absolute Gasteiger partial charge is 0.448 e. The number of nitrogens with one attached hydrogen (secondary N) is 2. The lowest BCUT2D eigenvalue weighted by atomic mass is 10.1. The first-order valence-electron chi connectivity index (χ1n) is 7.46. The molecule has 2 N–H and O–H groups in total. The SMILES string of the molecule is CCCN(C(=O)c1cc(S(=O)(=O)NC)oc1C)C1CCNC1. The molecule has 1 aliphatic heterocycles. The molecular formula is C14H23N3O4S. The second kappa shape index (κ2) is 6.80. The smallest absolute Gasteiger partial charge is 0.273 e. The monoisotopic (exact) mass is 329 g/mol. The van der Waals surface area contributed by atoms with Gasteiger partial charge in [-0.25, -0.2) is 13.1 Å². The molecule has 0 radical (unpaired) electrons. The highest BCUT2D eigenvalue weighted by molar-refractivity contribution is 7.89. The summed E-state index contributed by atoms with van der Waals surface area (Å²) in [6.07, 6.45) is 1.76. The van der Waals surface area contributed by atoms with Crippen molar-refractivity contribution in [3.8, 4) is 0 Å². The van der Waals surface area contributed by atoms with Crippen LogP contribution in [0.15, 0.2) is 15.6 Å². The Labute approximate surface area is 131 Å². The van der Waals surface area contributed by atoms with Crippen molar-refractivity contribution in [1.29, 1.82) is 0 Å². The van der Waals surface area contributed by atoms with Gasteiger partial charge < -0.3 is 14.6 Å². The zero-order valence-electron chi connectivity index (χ0n) is 13.2. The quantitative estimate of drug-likeness (QED) is 0.802. The van der Waals surface area contributed by atoms with Crippen LogP contribution in [-0.4, -0.2) is 51.9 Å². The summed E-state index contributed by atoms with van der Waals surface area (Å²) in [6.45, 7) is 5.93. The summed E-state index contributed by atoms with van der Waals surface area (Å²) in [5, 5.41) is 3.02. The summed E-state index contributed by atoms with van der Waals surface area (Å²) in [5.41, 5.74) is 0.314. The first-order chi connectivity index (χ1) is 10.4. The summed E-state index contributed by atoms with van der Waals surface area (Å²) >= 11 is 0. The molecular weight excluding hydrogens is 306 g/mol. The number of amides is 1. The zero-order valence-corrected chi connectivity index (χ0v) is 14.0. The van der Waals surface area contributed by atoms with Crippen molar-refractivity contribution in [2.24, 2.45) is 0 Å². The Bertz CT molecular complexity index is 633. The molecule has 7 nitrogen and oxygen atoms in total. The van der Waals surface area contributed by atoms with Gasteiger partial charge in [-0.05, 0) is 33.4 Å². The highest BCUT2D eigenvalue weighted by Crippen LogP contribution is 2.22. The van der Waals surface area contributed by atoms with E-state index in [1.807, 2.05) is 11.8 Å². The molecule has 0 aromatic carbocycles. The maximum Gasteiger partial charge on any atom is 0.273 e. The van der Waals surface area contributed by atoms with E-state index in [1.165, 1.54) is 13.1 Å². The van der Waals surface area contributed by atoms with Gasteiger partial charge in [0.2, 0.25) is 5.09 Å². The van der Waals surface area contributed by atoms with Gasteiger partial charge in [0.25, 0.3) is 15.9 Å². The van der Waals surface area contributed by atoms with Gasteiger partial charge in [0.1, 0.15) is 5.76 Å². The number of nitrogens with zero attached hydrogens (tertiary/aromatic N) is 1. The Morgan fingerprint density at radius 1 is 1.55 bits per heavy atom. The lowest BCUT2D eigenvalue weighted by Gasteiger charge is -2.28. The third kappa shape index (κ3) is 3.34. The lowest BCUT2D eigenvalue weighted by molar-refractivity contribution is 0.0690. The van der Waals surface area contributed by atoms with Gasteiger partial charge in [0.05, 0.1) is 5.56 Å². The van der Waals surface area contributed by atoms with E-state index in [0.717, 1.165) is 25.9 Å². The lowest BCUT2D eigenvalue weighted by Crippen LogP contribution is -2.42. The van der Waals surface area contributed by atoms with Crippen LogP contribution >= 0.6 is 0 Å². The molecule has 0 aliphatic carbocycles. The normalized spacial score (nSPS) is 18.6. The van der Waals surface area contributed by atoms with Crippen LogP contribution in [0.5, 0.6) is 0 Å². The van der Waals surface area contributed by atoms with Crippen molar-refractivity contribution < 1.29 is 17.6 Å². The van der Waals surface area contributed by atoms with Gasteiger partial charge in [-0.1, -0.05) is 6.92 Å². The molecule has 124 valence electrons. The number of carbonyl (C=O) groups excluding carboxylic acids is 1. The van der Waals surface area contributed by atoms with Crippen molar-refractivity contribution in [2.45, 2.75) is 37.8 Å². The van der Waals surface area contributed by atoms with E-state index < -0.39 is 10.0 Å². The topological polar surface area (TPSA) is 91.7 Å². The highest BCUT2D eigenvalue weighted by atomic mass is 32.2. The summed E-state index contributed by atoms with van der Waals surface area (Å²) in [7, 11) is -2.38. The molecule has 1 amide bonds. The van der Waals surface area contributed by atoms with Crippen LogP contribution in [-0.2, 0) is 10.0 Å². The minimum Gasteiger partial charge on any atom is -0.448 e. The fraction of sp³-hybridized carbons (Fsp3) is 0.643. The Morgan fingerprint density at radius 2 is 2.27 bits per heavy atom. The van der Waals surface area contributed by atoms with Crippen molar-refractivity contribution in [2.75, 3.05) is 26.7 Å². The molecule has 22 heavy (non-hydrogen) atoms. The Hall–Kier alpha value is -1.38. The van der Waals surface area contributed by atoms with Gasteiger partial charge in [-0.2, -0.15) is 0 Å². The Morgan fingerprint density at radius 3 is 2.82 bits per heavy atom. The molecule has 0 saturated carbocycles. The molecule has 1 saturated heterocycles. The van der Waals surface area contributed by atoms with Gasteiger partial charge in [-0.15, -0.1) is 0 Å². The van der Waals surface area contributed by atoms with E-state index in [2.05, 4.69) is 10.0 Å². The molecule has 2 heterocycles. The second-order valence-corrected chi connectivity index (χ2v) is 7.21. The number of aryl methyl sites for hydroxylation is 1. The van der Waals surface area contributed by atoms with E-state index >= 15 is 0 Å². The van der Waals surface area contributed by atoms with Crippen LogP contribution in [0, 0.1) is 6.92 Å². The number of rotatable bonds is 6. The predicted octanol–water partition coefficient (Wildman–Crippen LogP) is 0.710. The van der Waals surface area contributed by atoms with Crippen LogP contribution in [0.3, 0.4) is 0 Å². The molecule has 1 aromatic heterocycles. The highest BCUT2D eigenvalue weighted by Gasteiger charge is 2.30. The summed E-state index contributed by atoms with van der Waals surface area (Å²) in [6, 6.07) is 1.46. The van der Waals surface area contributed by atoms with Gasteiger partial charge in [0, 0.05) is 25.2 Å². The van der Waals surface area contributed by atoms with Crippen molar-refractivity contribution in [3.05, 3.63) is 17.4 Å². The molecule has 0 spiro atoms. The number of hydrogen-bond acceptors (Lipinski definition) is 5. The number of furan rings is 1. The average Bonchev–Trinajstić information content (AvgIpc) is 3.13. The second-order valence-electron chi connectivity index (χ2n) is 5.39. The van der Waals surface area contributed by atoms with Crippen LogP contribution in [0.1, 0.15) is 35.9 Å². The molecule has 1 unspecified atom stereocenters. The minimum atomic E-state index is -3.69. The van der Waals surface area contributed by atoms with E-state index in [9.17, 15) is 13.2 Å². The molecule has 2 rings (SSSR count). The molecule has 1 aliphatic rings. The molecule has 0 bridgehead atoms. The number of carbonyl (C=O) groups is 1. The molecule has 1 fully saturated rings. The van der Waals surface area contributed by atoms with Gasteiger partial charge in [-0.3, -0.25) is 4.79 Å². The first kappa shape index (κ1) is 17.0. The summed E-state index contributed by atoms with van der Waals surface area (Å²) in [4.78, 5) is 14.6. The van der Waals surface area contributed by atoms with Gasteiger partial charge in [0.15, 0.2) is 0 Å². The fourth-order valence-electron chi connectivity index (χ4n) is 2.65. The van der Waals surface area contributed by atoms with Gasteiger partial charge >= 0.3 is 0 Å². The van der Waals surface area contributed by atoms with E-state index in [0.29, 0.717) is 17.9 Å². The Balaban J connectivity index is 2.30.